The van der Waals surface area contributed by atoms with E-state index in [0.29, 0.717) is 6.04 Å². The molecule has 0 aromatic rings. The molecule has 1 atom stereocenters. The molecule has 2 rings (SSSR count). The van der Waals surface area contributed by atoms with Gasteiger partial charge in [-0.1, -0.05) is 19.8 Å². The van der Waals surface area contributed by atoms with E-state index in [1.54, 1.807) is 0 Å². The summed E-state index contributed by atoms with van der Waals surface area (Å²) in [7, 11) is 0. The van der Waals surface area contributed by atoms with E-state index in [1.165, 1.54) is 32.1 Å². The molecule has 94 valence electrons. The first kappa shape index (κ1) is 12.3. The smallest absolute Gasteiger partial charge is 0.0635 e. The summed E-state index contributed by atoms with van der Waals surface area (Å²) in [5.41, 5.74) is 0. The Morgan fingerprint density at radius 1 is 1.31 bits per heavy atom. The topological polar surface area (TPSA) is 24.5 Å². The predicted octanol–water partition coefficient (Wildman–Crippen LogP) is 1.63. The molecule has 1 saturated carbocycles. The van der Waals surface area contributed by atoms with Crippen molar-refractivity contribution in [3.63, 3.8) is 0 Å². The van der Waals surface area contributed by atoms with Gasteiger partial charge >= 0.3 is 0 Å². The van der Waals surface area contributed by atoms with Crippen molar-refractivity contribution >= 4 is 0 Å². The molecule has 0 aromatic carbocycles. The minimum absolute atomic E-state index is 0.614. The van der Waals surface area contributed by atoms with Crippen molar-refractivity contribution in [3.05, 3.63) is 0 Å². The monoisotopic (exact) mass is 226 g/mol. The van der Waals surface area contributed by atoms with Crippen molar-refractivity contribution < 1.29 is 4.74 Å². The molecule has 3 nitrogen and oxygen atoms in total. The third kappa shape index (κ3) is 3.19. The molecule has 16 heavy (non-hydrogen) atoms. The first-order valence-electron chi connectivity index (χ1n) is 6.96. The second-order valence-electron chi connectivity index (χ2n) is 5.11. The summed E-state index contributed by atoms with van der Waals surface area (Å²) >= 11 is 0. The maximum atomic E-state index is 5.62. The minimum Gasteiger partial charge on any atom is -0.378 e. The first-order valence-corrected chi connectivity index (χ1v) is 6.96. The summed E-state index contributed by atoms with van der Waals surface area (Å²) in [6, 6.07) is 1.46. The number of ether oxygens (including phenoxy) is 1. The average molecular weight is 226 g/mol. The van der Waals surface area contributed by atoms with E-state index in [-0.39, 0.29) is 0 Å². The Balaban J connectivity index is 1.81. The van der Waals surface area contributed by atoms with E-state index >= 15 is 0 Å². The fourth-order valence-electron chi connectivity index (χ4n) is 3.01. The fraction of sp³-hybridized carbons (Fsp3) is 1.00. The maximum absolute atomic E-state index is 5.62. The lowest BCUT2D eigenvalue weighted by molar-refractivity contribution is -0.0267. The quantitative estimate of drug-likeness (QED) is 0.721. The van der Waals surface area contributed by atoms with E-state index in [2.05, 4.69) is 17.1 Å². The highest BCUT2D eigenvalue weighted by atomic mass is 16.5. The third-order valence-electron chi connectivity index (χ3n) is 3.87. The van der Waals surface area contributed by atoms with E-state index in [1.807, 2.05) is 0 Å². The van der Waals surface area contributed by atoms with Crippen molar-refractivity contribution in [3.8, 4) is 0 Å². The van der Waals surface area contributed by atoms with Crippen LogP contribution in [0.15, 0.2) is 0 Å². The van der Waals surface area contributed by atoms with Gasteiger partial charge in [-0.15, -0.1) is 0 Å². The molecule has 0 bridgehead atoms. The SMILES string of the molecule is CCCNCC1COCCN1C1CCCC1. The Hall–Kier alpha value is -0.120. The summed E-state index contributed by atoms with van der Waals surface area (Å²) in [4.78, 5) is 2.71. The third-order valence-corrected chi connectivity index (χ3v) is 3.87. The standard InChI is InChI=1S/C13H26N2O/c1-2-7-14-10-13-11-16-9-8-15(13)12-5-3-4-6-12/h12-14H,2-11H2,1H3. The molecule has 0 amide bonds. The largest absolute Gasteiger partial charge is 0.378 e. The lowest BCUT2D eigenvalue weighted by atomic mass is 10.1. The highest BCUT2D eigenvalue weighted by molar-refractivity contribution is 4.85. The van der Waals surface area contributed by atoms with E-state index in [4.69, 9.17) is 4.74 Å². The molecule has 0 aromatic heterocycles. The Labute approximate surface area is 99.5 Å². The van der Waals surface area contributed by atoms with Crippen LogP contribution >= 0.6 is 0 Å². The van der Waals surface area contributed by atoms with Crippen molar-refractivity contribution in [2.45, 2.75) is 51.1 Å². The Kier molecular flexibility index (Phi) is 5.07. The summed E-state index contributed by atoms with van der Waals surface area (Å²) in [5.74, 6) is 0. The van der Waals surface area contributed by atoms with Gasteiger partial charge in [0.2, 0.25) is 0 Å². The number of morpholine rings is 1. The number of hydrogen-bond donors (Lipinski definition) is 1. The van der Waals surface area contributed by atoms with Crippen LogP contribution in [0.1, 0.15) is 39.0 Å². The highest BCUT2D eigenvalue weighted by Gasteiger charge is 2.30. The molecule has 3 heteroatoms. The predicted molar refractivity (Wildman–Crippen MR) is 66.7 cm³/mol. The van der Waals surface area contributed by atoms with Crippen LogP contribution in [0.25, 0.3) is 0 Å². The van der Waals surface area contributed by atoms with Gasteiger partial charge in [-0.2, -0.15) is 0 Å². The average Bonchev–Trinajstić information content (AvgIpc) is 2.83. The Morgan fingerprint density at radius 3 is 2.88 bits per heavy atom. The molecular weight excluding hydrogens is 200 g/mol. The fourth-order valence-corrected chi connectivity index (χ4v) is 3.01. The van der Waals surface area contributed by atoms with Crippen molar-refractivity contribution in [2.24, 2.45) is 0 Å². The van der Waals surface area contributed by atoms with E-state index in [0.717, 1.165) is 38.9 Å². The number of nitrogens with one attached hydrogen (secondary N) is 1. The molecular formula is C13H26N2O. The molecule has 1 aliphatic carbocycles. The van der Waals surface area contributed by atoms with Crippen LogP contribution in [-0.4, -0.2) is 49.8 Å². The second kappa shape index (κ2) is 6.58. The maximum Gasteiger partial charge on any atom is 0.0635 e. The summed E-state index contributed by atoms with van der Waals surface area (Å²) in [6.45, 7) is 7.45. The van der Waals surface area contributed by atoms with Gasteiger partial charge in [0.25, 0.3) is 0 Å². The Bertz CT molecular complexity index is 192. The van der Waals surface area contributed by atoms with Gasteiger partial charge in [-0.3, -0.25) is 4.90 Å². The normalized spacial score (nSPS) is 28.7. The molecule has 1 unspecified atom stereocenters. The van der Waals surface area contributed by atoms with Gasteiger partial charge in [-0.25, -0.2) is 0 Å². The van der Waals surface area contributed by atoms with Crippen LogP contribution in [0.5, 0.6) is 0 Å². The van der Waals surface area contributed by atoms with Gasteiger partial charge in [0.1, 0.15) is 0 Å². The summed E-state index contributed by atoms with van der Waals surface area (Å²) in [6.07, 6.45) is 6.89. The van der Waals surface area contributed by atoms with Gasteiger partial charge in [0.05, 0.1) is 13.2 Å². The number of hydrogen-bond acceptors (Lipinski definition) is 3. The van der Waals surface area contributed by atoms with Gasteiger partial charge < -0.3 is 10.1 Å². The second-order valence-corrected chi connectivity index (χ2v) is 5.11. The zero-order valence-corrected chi connectivity index (χ0v) is 10.6. The molecule has 1 saturated heterocycles. The van der Waals surface area contributed by atoms with E-state index < -0.39 is 0 Å². The van der Waals surface area contributed by atoms with Crippen LogP contribution in [0.3, 0.4) is 0 Å². The van der Waals surface area contributed by atoms with Gasteiger partial charge in [-0.05, 0) is 25.8 Å². The summed E-state index contributed by atoms with van der Waals surface area (Å²) in [5, 5.41) is 3.54. The van der Waals surface area contributed by atoms with Crippen molar-refractivity contribution in [1.29, 1.82) is 0 Å². The molecule has 2 fully saturated rings. The van der Waals surface area contributed by atoms with Gasteiger partial charge in [0, 0.05) is 25.2 Å². The molecule has 0 radical (unpaired) electrons. The van der Waals surface area contributed by atoms with Crippen molar-refractivity contribution in [1.82, 2.24) is 10.2 Å². The zero-order valence-electron chi connectivity index (χ0n) is 10.6. The minimum atomic E-state index is 0.614. The van der Waals surface area contributed by atoms with Gasteiger partial charge in [0.15, 0.2) is 0 Å². The molecule has 1 N–H and O–H groups in total. The van der Waals surface area contributed by atoms with Crippen molar-refractivity contribution in [2.75, 3.05) is 32.8 Å². The molecule has 2 aliphatic rings. The summed E-state index contributed by atoms with van der Waals surface area (Å²) < 4.78 is 5.62. The van der Waals surface area contributed by atoms with Crippen LogP contribution in [-0.2, 0) is 4.74 Å². The Morgan fingerprint density at radius 2 is 2.12 bits per heavy atom. The lowest BCUT2D eigenvalue weighted by Gasteiger charge is -2.39. The van der Waals surface area contributed by atoms with E-state index in [9.17, 15) is 0 Å². The molecule has 1 aliphatic heterocycles. The van der Waals surface area contributed by atoms with Crippen LogP contribution in [0.2, 0.25) is 0 Å². The molecule has 0 spiro atoms. The van der Waals surface area contributed by atoms with Crippen LogP contribution in [0.4, 0.5) is 0 Å². The zero-order chi connectivity index (χ0) is 11.2. The van der Waals surface area contributed by atoms with Crippen LogP contribution < -0.4 is 5.32 Å². The molecule has 1 heterocycles. The van der Waals surface area contributed by atoms with Crippen LogP contribution in [0, 0.1) is 0 Å². The first-order chi connectivity index (χ1) is 7.92. The number of nitrogens with zero attached hydrogens (tertiary/aromatic N) is 1. The number of rotatable bonds is 5. The lowest BCUT2D eigenvalue weighted by Crippen LogP contribution is -2.53. The highest BCUT2D eigenvalue weighted by Crippen LogP contribution is 2.26.